The Morgan fingerprint density at radius 3 is 2.55 bits per heavy atom. The maximum absolute atomic E-state index is 11.9. The molecule has 0 aliphatic heterocycles. The minimum Gasteiger partial charge on any atom is -0.494 e. The van der Waals surface area contributed by atoms with Crippen LogP contribution in [0, 0.1) is 0 Å². The summed E-state index contributed by atoms with van der Waals surface area (Å²) in [6, 6.07) is 16.9. The van der Waals surface area contributed by atoms with Crippen LogP contribution in [0.3, 0.4) is 0 Å². The Kier molecular flexibility index (Phi) is 4.93. The highest BCUT2D eigenvalue weighted by atomic mass is 32.1. The molecular weight excluding hydrogens is 428 g/mol. The van der Waals surface area contributed by atoms with E-state index in [2.05, 4.69) is 4.98 Å². The number of amides is 1. The standard InChI is InChI=1S/C23H16N4O2S2/c1-29-18-10-9-15(17-12-30-23(26-17)16-8-4-5-11-25-16)20-19(18)27-22(31-20)14-7-3-2-6-13(14)21(24)28/h2-12H,1H3,(H2,24,28). The van der Waals surface area contributed by atoms with Crippen molar-refractivity contribution in [3.63, 3.8) is 0 Å². The fourth-order valence-electron chi connectivity index (χ4n) is 3.35. The Morgan fingerprint density at radius 1 is 0.935 bits per heavy atom. The molecule has 3 heterocycles. The number of thiazole rings is 2. The van der Waals surface area contributed by atoms with E-state index < -0.39 is 5.91 Å². The molecule has 5 aromatic rings. The van der Waals surface area contributed by atoms with E-state index in [4.69, 9.17) is 20.4 Å². The first kappa shape index (κ1) is 19.3. The summed E-state index contributed by atoms with van der Waals surface area (Å²) >= 11 is 3.03. The quantitative estimate of drug-likeness (QED) is 0.399. The number of nitrogens with zero attached hydrogens (tertiary/aromatic N) is 3. The molecule has 0 saturated carbocycles. The van der Waals surface area contributed by atoms with E-state index in [1.54, 1.807) is 36.8 Å². The van der Waals surface area contributed by atoms with Crippen LogP contribution in [0.1, 0.15) is 10.4 Å². The van der Waals surface area contributed by atoms with Gasteiger partial charge >= 0.3 is 0 Å². The van der Waals surface area contributed by atoms with Crippen LogP contribution in [0.2, 0.25) is 0 Å². The second-order valence-corrected chi connectivity index (χ2v) is 8.53. The molecule has 31 heavy (non-hydrogen) atoms. The maximum Gasteiger partial charge on any atom is 0.249 e. The molecule has 152 valence electrons. The average molecular weight is 445 g/mol. The van der Waals surface area contributed by atoms with E-state index in [-0.39, 0.29) is 0 Å². The van der Waals surface area contributed by atoms with E-state index >= 15 is 0 Å². The minimum absolute atomic E-state index is 0.438. The Morgan fingerprint density at radius 2 is 1.77 bits per heavy atom. The molecule has 0 radical (unpaired) electrons. The van der Waals surface area contributed by atoms with Crippen LogP contribution in [0.25, 0.3) is 42.7 Å². The average Bonchev–Trinajstić information content (AvgIpc) is 3.47. The zero-order valence-electron chi connectivity index (χ0n) is 16.4. The van der Waals surface area contributed by atoms with Crippen LogP contribution < -0.4 is 10.5 Å². The lowest BCUT2D eigenvalue weighted by molar-refractivity contribution is 0.100. The normalized spacial score (nSPS) is 11.0. The van der Waals surface area contributed by atoms with Crippen LogP contribution in [-0.2, 0) is 0 Å². The first-order valence-corrected chi connectivity index (χ1v) is 11.1. The van der Waals surface area contributed by atoms with Gasteiger partial charge in [-0.1, -0.05) is 24.3 Å². The fourth-order valence-corrected chi connectivity index (χ4v) is 5.29. The first-order chi connectivity index (χ1) is 15.2. The Hall–Kier alpha value is -3.62. The number of ether oxygens (including phenoxy) is 1. The summed E-state index contributed by atoms with van der Waals surface area (Å²) in [5, 5.41) is 3.57. The smallest absolute Gasteiger partial charge is 0.249 e. The number of nitrogens with two attached hydrogens (primary N) is 1. The highest BCUT2D eigenvalue weighted by Gasteiger charge is 2.19. The van der Waals surface area contributed by atoms with Crippen molar-refractivity contribution in [1.82, 2.24) is 15.0 Å². The number of primary amides is 1. The summed E-state index contributed by atoms with van der Waals surface area (Å²) in [7, 11) is 1.62. The molecule has 0 saturated heterocycles. The van der Waals surface area contributed by atoms with Crippen molar-refractivity contribution in [2.45, 2.75) is 0 Å². The highest BCUT2D eigenvalue weighted by molar-refractivity contribution is 7.22. The zero-order chi connectivity index (χ0) is 21.4. The van der Waals surface area contributed by atoms with Gasteiger partial charge in [-0.3, -0.25) is 9.78 Å². The molecule has 2 aromatic carbocycles. The van der Waals surface area contributed by atoms with Crippen molar-refractivity contribution in [3.8, 4) is 38.3 Å². The van der Waals surface area contributed by atoms with E-state index in [1.807, 2.05) is 47.8 Å². The zero-order valence-corrected chi connectivity index (χ0v) is 18.0. The van der Waals surface area contributed by atoms with Gasteiger partial charge in [0, 0.05) is 28.3 Å². The molecule has 0 aliphatic carbocycles. The number of pyridine rings is 1. The van der Waals surface area contributed by atoms with Gasteiger partial charge < -0.3 is 10.5 Å². The summed E-state index contributed by atoms with van der Waals surface area (Å²) < 4.78 is 6.48. The third-order valence-electron chi connectivity index (χ3n) is 4.81. The molecule has 8 heteroatoms. The largest absolute Gasteiger partial charge is 0.494 e. The number of fused-ring (bicyclic) bond motifs is 1. The Bertz CT molecular complexity index is 1410. The van der Waals surface area contributed by atoms with Crippen molar-refractivity contribution in [2.24, 2.45) is 5.73 Å². The molecule has 0 aliphatic rings. The number of methoxy groups -OCH3 is 1. The van der Waals surface area contributed by atoms with Crippen molar-refractivity contribution < 1.29 is 9.53 Å². The minimum atomic E-state index is -0.485. The van der Waals surface area contributed by atoms with Gasteiger partial charge in [0.2, 0.25) is 5.91 Å². The van der Waals surface area contributed by atoms with Gasteiger partial charge in [-0.05, 0) is 30.3 Å². The van der Waals surface area contributed by atoms with Gasteiger partial charge in [0.1, 0.15) is 21.3 Å². The monoisotopic (exact) mass is 444 g/mol. The topological polar surface area (TPSA) is 91.0 Å². The van der Waals surface area contributed by atoms with E-state index in [1.165, 1.54) is 11.3 Å². The maximum atomic E-state index is 11.9. The van der Waals surface area contributed by atoms with Gasteiger partial charge in [-0.15, -0.1) is 22.7 Å². The molecule has 1 amide bonds. The third kappa shape index (κ3) is 3.45. The van der Waals surface area contributed by atoms with E-state index in [0.717, 1.165) is 32.2 Å². The summed E-state index contributed by atoms with van der Waals surface area (Å²) in [5.41, 5.74) is 10.1. The number of carbonyl (C=O) groups excluding carboxylic acids is 1. The van der Waals surface area contributed by atoms with Crippen molar-refractivity contribution >= 4 is 38.8 Å². The van der Waals surface area contributed by atoms with Crippen LogP contribution in [0.4, 0.5) is 0 Å². The van der Waals surface area contributed by atoms with Gasteiger partial charge in [0.15, 0.2) is 0 Å². The predicted octanol–water partition coefficient (Wildman–Crippen LogP) is 5.26. The number of rotatable bonds is 5. The molecule has 0 unspecified atom stereocenters. The lowest BCUT2D eigenvalue weighted by Gasteiger charge is -2.03. The molecule has 0 spiro atoms. The molecule has 0 atom stereocenters. The molecule has 6 nitrogen and oxygen atoms in total. The number of carbonyl (C=O) groups is 1. The molecule has 5 rings (SSSR count). The number of hydrogen-bond donors (Lipinski definition) is 1. The fraction of sp³-hybridized carbons (Fsp3) is 0.0435. The summed E-state index contributed by atoms with van der Waals surface area (Å²) in [6.07, 6.45) is 1.76. The third-order valence-corrected chi connectivity index (χ3v) is 6.80. The van der Waals surface area contributed by atoms with Gasteiger partial charge in [0.05, 0.1) is 23.2 Å². The lowest BCUT2D eigenvalue weighted by atomic mass is 10.1. The Balaban J connectivity index is 1.68. The van der Waals surface area contributed by atoms with Crippen LogP contribution >= 0.6 is 22.7 Å². The lowest BCUT2D eigenvalue weighted by Crippen LogP contribution is -2.12. The molecule has 2 N–H and O–H groups in total. The molecule has 3 aromatic heterocycles. The van der Waals surface area contributed by atoms with E-state index in [0.29, 0.717) is 21.9 Å². The number of benzene rings is 2. The van der Waals surface area contributed by atoms with Crippen molar-refractivity contribution in [2.75, 3.05) is 7.11 Å². The number of aromatic nitrogens is 3. The molecular formula is C23H16N4O2S2. The van der Waals surface area contributed by atoms with Crippen LogP contribution in [0.5, 0.6) is 5.75 Å². The van der Waals surface area contributed by atoms with Gasteiger partial charge in [-0.2, -0.15) is 0 Å². The second kappa shape index (κ2) is 7.90. The molecule has 0 fully saturated rings. The first-order valence-electron chi connectivity index (χ1n) is 9.39. The van der Waals surface area contributed by atoms with Gasteiger partial charge in [-0.25, -0.2) is 9.97 Å². The van der Waals surface area contributed by atoms with Crippen molar-refractivity contribution in [3.05, 3.63) is 71.7 Å². The Labute approximate surface area is 186 Å². The van der Waals surface area contributed by atoms with Gasteiger partial charge in [0.25, 0.3) is 0 Å². The van der Waals surface area contributed by atoms with E-state index in [9.17, 15) is 4.79 Å². The van der Waals surface area contributed by atoms with Crippen LogP contribution in [-0.4, -0.2) is 28.0 Å². The summed E-state index contributed by atoms with van der Waals surface area (Å²) in [5.74, 6) is 0.180. The number of hydrogen-bond acceptors (Lipinski definition) is 7. The summed E-state index contributed by atoms with van der Waals surface area (Å²) in [4.78, 5) is 25.9. The summed E-state index contributed by atoms with van der Waals surface area (Å²) in [6.45, 7) is 0. The highest BCUT2D eigenvalue weighted by Crippen LogP contribution is 2.42. The predicted molar refractivity (Wildman–Crippen MR) is 124 cm³/mol. The second-order valence-electron chi connectivity index (χ2n) is 6.67. The molecule has 0 bridgehead atoms. The SMILES string of the molecule is COc1ccc(-c2csc(-c3ccccn3)n2)c2sc(-c3ccccc3C(N)=O)nc12. The van der Waals surface area contributed by atoms with Crippen LogP contribution in [0.15, 0.2) is 66.2 Å². The van der Waals surface area contributed by atoms with Crippen molar-refractivity contribution in [1.29, 1.82) is 0 Å².